The molecule has 0 aliphatic carbocycles. The van der Waals surface area contributed by atoms with E-state index in [1.165, 1.54) is 0 Å². The minimum Gasteiger partial charge on any atom is -0.389 e. The zero-order valence-corrected chi connectivity index (χ0v) is 7.81. The number of nitrogens with zero attached hydrogens (tertiary/aromatic N) is 2. The van der Waals surface area contributed by atoms with E-state index in [1.54, 1.807) is 31.0 Å². The van der Waals surface area contributed by atoms with Gasteiger partial charge >= 0.3 is 0 Å². The van der Waals surface area contributed by atoms with E-state index in [-0.39, 0.29) is 0 Å². The molecule has 2 atom stereocenters. The van der Waals surface area contributed by atoms with Crippen LogP contribution in [0.2, 0.25) is 0 Å². The van der Waals surface area contributed by atoms with Crippen LogP contribution in [0.5, 0.6) is 0 Å². The Hall–Kier alpha value is -0.910. The van der Waals surface area contributed by atoms with Gasteiger partial charge in [-0.2, -0.15) is 5.10 Å². The molecule has 0 saturated heterocycles. The smallest absolute Gasteiger partial charge is 0.125 e. The van der Waals surface area contributed by atoms with Crippen LogP contribution < -0.4 is 5.32 Å². The van der Waals surface area contributed by atoms with Crippen LogP contribution >= 0.6 is 0 Å². The normalized spacial score (nSPS) is 15.7. The lowest BCUT2D eigenvalue weighted by Crippen LogP contribution is -2.29. The lowest BCUT2D eigenvalue weighted by molar-refractivity contribution is 0.0174. The molecule has 2 unspecified atom stereocenters. The van der Waals surface area contributed by atoms with E-state index < -0.39 is 12.2 Å². The van der Waals surface area contributed by atoms with Crippen LogP contribution in [0.1, 0.15) is 11.8 Å². The largest absolute Gasteiger partial charge is 0.389 e. The van der Waals surface area contributed by atoms with Gasteiger partial charge in [-0.15, -0.1) is 0 Å². The fourth-order valence-electron chi connectivity index (χ4n) is 1.11. The van der Waals surface area contributed by atoms with Crippen LogP contribution in [-0.4, -0.2) is 39.7 Å². The van der Waals surface area contributed by atoms with Gasteiger partial charge in [-0.3, -0.25) is 4.68 Å². The van der Waals surface area contributed by atoms with Gasteiger partial charge in [0.25, 0.3) is 0 Å². The molecule has 13 heavy (non-hydrogen) atoms. The number of aliphatic hydroxyl groups is 2. The summed E-state index contributed by atoms with van der Waals surface area (Å²) in [4.78, 5) is 0. The molecule has 0 fully saturated rings. The average molecular weight is 185 g/mol. The number of likely N-dealkylation sites (N-methyl/N-ethyl adjacent to an activating group) is 1. The third kappa shape index (κ3) is 2.51. The second-order valence-electron chi connectivity index (χ2n) is 2.98. The summed E-state index contributed by atoms with van der Waals surface area (Å²) in [5, 5.41) is 25.8. The molecule has 1 heterocycles. The van der Waals surface area contributed by atoms with E-state index in [2.05, 4.69) is 10.4 Å². The number of hydrogen-bond acceptors (Lipinski definition) is 4. The Morgan fingerprint density at radius 3 is 2.77 bits per heavy atom. The molecule has 0 aliphatic rings. The van der Waals surface area contributed by atoms with Crippen molar-refractivity contribution in [2.45, 2.75) is 12.2 Å². The summed E-state index contributed by atoms with van der Waals surface area (Å²) in [6.07, 6.45) is -0.0153. The van der Waals surface area contributed by atoms with E-state index in [4.69, 9.17) is 0 Å². The molecule has 0 amide bonds. The second-order valence-corrected chi connectivity index (χ2v) is 2.98. The van der Waals surface area contributed by atoms with Gasteiger partial charge in [0.2, 0.25) is 0 Å². The first-order valence-corrected chi connectivity index (χ1v) is 4.15. The number of nitrogens with one attached hydrogen (secondary N) is 1. The summed E-state index contributed by atoms with van der Waals surface area (Å²) >= 11 is 0. The Labute approximate surface area is 77.0 Å². The van der Waals surface area contributed by atoms with Crippen LogP contribution in [0.4, 0.5) is 0 Å². The summed E-state index contributed by atoms with van der Waals surface area (Å²) in [5.74, 6) is 0. The van der Waals surface area contributed by atoms with Gasteiger partial charge in [-0.1, -0.05) is 0 Å². The number of aryl methyl sites for hydroxylation is 1. The average Bonchev–Trinajstić information content (AvgIpc) is 2.51. The molecule has 0 bridgehead atoms. The number of aromatic nitrogens is 2. The van der Waals surface area contributed by atoms with Crippen molar-refractivity contribution in [3.63, 3.8) is 0 Å². The molecule has 0 saturated carbocycles. The van der Waals surface area contributed by atoms with Gasteiger partial charge in [-0.25, -0.2) is 0 Å². The number of aliphatic hydroxyl groups excluding tert-OH is 2. The summed E-state index contributed by atoms with van der Waals surface area (Å²) < 4.78 is 1.59. The van der Waals surface area contributed by atoms with E-state index in [0.29, 0.717) is 12.2 Å². The molecule has 5 heteroatoms. The first kappa shape index (κ1) is 10.2. The van der Waals surface area contributed by atoms with Gasteiger partial charge in [0.1, 0.15) is 6.10 Å². The predicted octanol–water partition coefficient (Wildman–Crippen LogP) is -0.966. The Balaban J connectivity index is 2.61. The van der Waals surface area contributed by atoms with Crippen molar-refractivity contribution in [2.24, 2.45) is 7.05 Å². The van der Waals surface area contributed by atoms with Crippen molar-refractivity contribution in [2.75, 3.05) is 13.6 Å². The molecular formula is C8H15N3O2. The first-order chi connectivity index (χ1) is 6.15. The molecule has 1 rings (SSSR count). The second kappa shape index (κ2) is 4.36. The lowest BCUT2D eigenvalue weighted by Gasteiger charge is -2.14. The van der Waals surface area contributed by atoms with Gasteiger partial charge in [0, 0.05) is 19.8 Å². The number of hydrogen-bond donors (Lipinski definition) is 3. The van der Waals surface area contributed by atoms with Crippen molar-refractivity contribution >= 4 is 0 Å². The summed E-state index contributed by atoms with van der Waals surface area (Å²) in [5.41, 5.74) is 0.491. The third-order valence-electron chi connectivity index (χ3n) is 1.81. The summed E-state index contributed by atoms with van der Waals surface area (Å²) in [7, 11) is 3.48. The van der Waals surface area contributed by atoms with Crippen LogP contribution in [0.3, 0.4) is 0 Å². The minimum absolute atomic E-state index is 0.345. The molecular weight excluding hydrogens is 170 g/mol. The monoisotopic (exact) mass is 185 g/mol. The van der Waals surface area contributed by atoms with Gasteiger partial charge in [0.15, 0.2) is 0 Å². The maximum absolute atomic E-state index is 9.57. The maximum atomic E-state index is 9.57. The standard InChI is InChI=1S/C8H15N3O2/c1-9-5-7(12)8(13)6-3-4-11(2)10-6/h3-4,7-9,12-13H,5H2,1-2H3. The first-order valence-electron chi connectivity index (χ1n) is 4.15. The zero-order chi connectivity index (χ0) is 9.84. The van der Waals surface area contributed by atoms with Crippen molar-refractivity contribution < 1.29 is 10.2 Å². The summed E-state index contributed by atoms with van der Waals surface area (Å²) in [6.45, 7) is 0.345. The molecule has 3 N–H and O–H groups in total. The molecule has 1 aromatic heterocycles. The number of rotatable bonds is 4. The Morgan fingerprint density at radius 2 is 2.31 bits per heavy atom. The maximum Gasteiger partial charge on any atom is 0.125 e. The van der Waals surface area contributed by atoms with Gasteiger partial charge in [0.05, 0.1) is 11.8 Å². The van der Waals surface area contributed by atoms with Crippen LogP contribution in [-0.2, 0) is 7.05 Å². The molecule has 0 aliphatic heterocycles. The molecule has 0 spiro atoms. The quantitative estimate of drug-likeness (QED) is 0.564. The van der Waals surface area contributed by atoms with Crippen LogP contribution in [0.15, 0.2) is 12.3 Å². The van der Waals surface area contributed by atoms with Gasteiger partial charge < -0.3 is 15.5 Å². The van der Waals surface area contributed by atoms with Crippen molar-refractivity contribution in [1.82, 2.24) is 15.1 Å². The highest BCUT2D eigenvalue weighted by atomic mass is 16.3. The Morgan fingerprint density at radius 1 is 1.62 bits per heavy atom. The Bertz CT molecular complexity index is 262. The minimum atomic E-state index is -0.923. The lowest BCUT2D eigenvalue weighted by atomic mass is 10.1. The van der Waals surface area contributed by atoms with E-state index in [1.807, 2.05) is 0 Å². The van der Waals surface area contributed by atoms with Crippen molar-refractivity contribution in [3.8, 4) is 0 Å². The fourth-order valence-corrected chi connectivity index (χ4v) is 1.11. The van der Waals surface area contributed by atoms with Crippen LogP contribution in [0, 0.1) is 0 Å². The highest BCUT2D eigenvalue weighted by Gasteiger charge is 2.19. The van der Waals surface area contributed by atoms with E-state index in [9.17, 15) is 10.2 Å². The highest BCUT2D eigenvalue weighted by Crippen LogP contribution is 2.13. The fraction of sp³-hybridized carbons (Fsp3) is 0.625. The van der Waals surface area contributed by atoms with E-state index in [0.717, 1.165) is 0 Å². The topological polar surface area (TPSA) is 70.3 Å². The molecule has 0 radical (unpaired) electrons. The molecule has 5 nitrogen and oxygen atoms in total. The molecule has 0 aromatic carbocycles. The molecule has 74 valence electrons. The zero-order valence-electron chi connectivity index (χ0n) is 7.81. The molecule has 1 aromatic rings. The van der Waals surface area contributed by atoms with Crippen molar-refractivity contribution in [3.05, 3.63) is 18.0 Å². The highest BCUT2D eigenvalue weighted by molar-refractivity contribution is 5.04. The van der Waals surface area contributed by atoms with E-state index >= 15 is 0 Å². The summed E-state index contributed by atoms with van der Waals surface area (Å²) in [6, 6.07) is 1.68. The van der Waals surface area contributed by atoms with Crippen LogP contribution in [0.25, 0.3) is 0 Å². The van der Waals surface area contributed by atoms with Gasteiger partial charge in [-0.05, 0) is 13.1 Å². The SMILES string of the molecule is CNCC(O)C(O)c1ccn(C)n1. The van der Waals surface area contributed by atoms with Crippen molar-refractivity contribution in [1.29, 1.82) is 0 Å². The predicted molar refractivity (Wildman–Crippen MR) is 48.1 cm³/mol. The Kier molecular flexibility index (Phi) is 3.41. The third-order valence-corrected chi connectivity index (χ3v) is 1.81.